The van der Waals surface area contributed by atoms with E-state index in [0.717, 1.165) is 16.5 Å². The molecule has 2 aromatic carbocycles. The molecule has 0 saturated carbocycles. The largest absolute Gasteiger partial charge is 0.418 e. The van der Waals surface area contributed by atoms with E-state index in [4.69, 9.17) is 9.47 Å². The topological polar surface area (TPSA) is 57.5 Å². The van der Waals surface area contributed by atoms with E-state index in [9.17, 15) is 14.0 Å². The van der Waals surface area contributed by atoms with Crippen LogP contribution in [0.2, 0.25) is 0 Å². The molecular formula is C25H24FNO4. The summed E-state index contributed by atoms with van der Waals surface area (Å²) in [4.78, 5) is 25.4. The first-order chi connectivity index (χ1) is 14.6. The van der Waals surface area contributed by atoms with E-state index in [-0.39, 0.29) is 11.4 Å². The van der Waals surface area contributed by atoms with Crippen molar-refractivity contribution in [3.8, 4) is 0 Å². The molecule has 1 aliphatic heterocycles. The van der Waals surface area contributed by atoms with Crippen molar-refractivity contribution in [3.63, 3.8) is 0 Å². The van der Waals surface area contributed by atoms with Gasteiger partial charge in [0.25, 0.3) is 5.79 Å². The number of nitrogens with zero attached hydrogens (tertiary/aromatic N) is 1. The molecule has 1 aromatic heterocycles. The van der Waals surface area contributed by atoms with Crippen molar-refractivity contribution in [2.24, 2.45) is 5.41 Å². The van der Waals surface area contributed by atoms with Gasteiger partial charge in [-0.25, -0.2) is 14.0 Å². The van der Waals surface area contributed by atoms with Crippen molar-refractivity contribution >= 4 is 28.9 Å². The standard InChI is InChI=1S/C25H24FNO4/c1-24(2,3)25(4)30-22(28)20(23(29)31-25)13-17-15-27(21-8-6-5-7-19(17)21)14-16-9-11-18(26)12-10-16/h5-13,15H,14H2,1-4H3. The zero-order valence-electron chi connectivity index (χ0n) is 17.9. The number of halogens is 1. The third kappa shape index (κ3) is 3.85. The smallest absolute Gasteiger partial charge is 0.348 e. The van der Waals surface area contributed by atoms with Gasteiger partial charge in [-0.3, -0.25) is 0 Å². The molecule has 0 radical (unpaired) electrons. The number of ether oxygens (including phenoxy) is 2. The first kappa shape index (κ1) is 20.8. The van der Waals surface area contributed by atoms with Crippen molar-refractivity contribution < 1.29 is 23.5 Å². The number of hydrogen-bond donors (Lipinski definition) is 0. The van der Waals surface area contributed by atoms with Crippen LogP contribution in [0.3, 0.4) is 0 Å². The summed E-state index contributed by atoms with van der Waals surface area (Å²) in [6.07, 6.45) is 3.37. The van der Waals surface area contributed by atoms with Crippen LogP contribution >= 0.6 is 0 Å². The summed E-state index contributed by atoms with van der Waals surface area (Å²) in [7, 11) is 0. The van der Waals surface area contributed by atoms with Crippen LogP contribution in [0.4, 0.5) is 4.39 Å². The summed E-state index contributed by atoms with van der Waals surface area (Å²) in [6, 6.07) is 14.0. The molecule has 0 spiro atoms. The fourth-order valence-electron chi connectivity index (χ4n) is 3.45. The third-order valence-corrected chi connectivity index (χ3v) is 5.76. The van der Waals surface area contributed by atoms with Gasteiger partial charge in [-0.15, -0.1) is 0 Å². The van der Waals surface area contributed by atoms with E-state index >= 15 is 0 Å². The molecule has 0 N–H and O–H groups in total. The molecule has 0 bridgehead atoms. The number of benzene rings is 2. The molecule has 0 aliphatic carbocycles. The molecule has 160 valence electrons. The molecule has 3 aromatic rings. The normalized spacial score (nSPS) is 19.3. The highest BCUT2D eigenvalue weighted by Gasteiger charge is 2.50. The second kappa shape index (κ2) is 7.38. The van der Waals surface area contributed by atoms with Crippen LogP contribution in [-0.2, 0) is 25.6 Å². The fraction of sp³-hybridized carbons (Fsp3) is 0.280. The van der Waals surface area contributed by atoms with Gasteiger partial charge in [0.05, 0.1) is 0 Å². The first-order valence-corrected chi connectivity index (χ1v) is 10.1. The number of para-hydroxylation sites is 1. The summed E-state index contributed by atoms with van der Waals surface area (Å²) in [5, 5.41) is 0.877. The number of aromatic nitrogens is 1. The van der Waals surface area contributed by atoms with Gasteiger partial charge in [0.15, 0.2) is 0 Å². The molecule has 0 unspecified atom stereocenters. The van der Waals surface area contributed by atoms with Gasteiger partial charge >= 0.3 is 11.9 Å². The average molecular weight is 421 g/mol. The van der Waals surface area contributed by atoms with Gasteiger partial charge in [-0.05, 0) is 29.8 Å². The zero-order valence-corrected chi connectivity index (χ0v) is 17.9. The lowest BCUT2D eigenvalue weighted by molar-refractivity contribution is -0.261. The van der Waals surface area contributed by atoms with E-state index in [1.165, 1.54) is 18.2 Å². The predicted octanol–water partition coefficient (Wildman–Crippen LogP) is 5.07. The average Bonchev–Trinajstić information content (AvgIpc) is 3.03. The summed E-state index contributed by atoms with van der Waals surface area (Å²) >= 11 is 0. The summed E-state index contributed by atoms with van der Waals surface area (Å²) in [5.41, 5.74) is 1.83. The number of cyclic esters (lactones) is 2. The minimum Gasteiger partial charge on any atom is -0.418 e. The van der Waals surface area contributed by atoms with E-state index in [1.807, 2.05) is 55.8 Å². The number of rotatable bonds is 3. The SMILES string of the molecule is CC(C)(C)C1(C)OC(=O)C(=Cc2cn(Cc3ccc(F)cc3)c3ccccc23)C(=O)O1. The maximum atomic E-state index is 13.2. The quantitative estimate of drug-likeness (QED) is 0.336. The van der Waals surface area contributed by atoms with Crippen molar-refractivity contribution in [3.05, 3.63) is 77.2 Å². The Morgan fingerprint density at radius 2 is 1.61 bits per heavy atom. The maximum absolute atomic E-state index is 13.2. The van der Waals surface area contributed by atoms with E-state index < -0.39 is 23.1 Å². The zero-order chi connectivity index (χ0) is 22.4. The number of fused-ring (bicyclic) bond motifs is 1. The minimum atomic E-state index is -1.34. The molecule has 1 fully saturated rings. The second-order valence-corrected chi connectivity index (χ2v) is 8.89. The van der Waals surface area contributed by atoms with Crippen LogP contribution in [0.25, 0.3) is 17.0 Å². The lowest BCUT2D eigenvalue weighted by Crippen LogP contribution is -2.52. The molecule has 0 atom stereocenters. The summed E-state index contributed by atoms with van der Waals surface area (Å²) < 4.78 is 26.3. The van der Waals surface area contributed by atoms with Crippen LogP contribution in [0, 0.1) is 11.2 Å². The number of hydrogen-bond acceptors (Lipinski definition) is 4. The number of carbonyl (C=O) groups excluding carboxylic acids is 2. The Bertz CT molecular complexity index is 1180. The van der Waals surface area contributed by atoms with Gasteiger partial charge in [0, 0.05) is 41.5 Å². The van der Waals surface area contributed by atoms with E-state index in [2.05, 4.69) is 0 Å². The summed E-state index contributed by atoms with van der Waals surface area (Å²) in [6.45, 7) is 7.62. The Hall–Kier alpha value is -3.41. The van der Waals surface area contributed by atoms with Crippen molar-refractivity contribution in [1.29, 1.82) is 0 Å². The molecule has 1 saturated heterocycles. The van der Waals surface area contributed by atoms with Crippen LogP contribution in [-0.4, -0.2) is 22.3 Å². The van der Waals surface area contributed by atoms with Crippen LogP contribution in [0.15, 0.2) is 60.3 Å². The molecule has 2 heterocycles. The highest BCUT2D eigenvalue weighted by atomic mass is 19.1. The molecule has 1 aliphatic rings. The third-order valence-electron chi connectivity index (χ3n) is 5.76. The highest BCUT2D eigenvalue weighted by molar-refractivity contribution is 6.19. The molecule has 31 heavy (non-hydrogen) atoms. The van der Waals surface area contributed by atoms with Crippen molar-refractivity contribution in [1.82, 2.24) is 4.57 Å². The lowest BCUT2D eigenvalue weighted by Gasteiger charge is -2.42. The Labute approximate surface area is 180 Å². The molecule has 6 heteroatoms. The van der Waals surface area contributed by atoms with Gasteiger partial charge in [0.2, 0.25) is 0 Å². The van der Waals surface area contributed by atoms with Crippen LogP contribution in [0.1, 0.15) is 38.8 Å². The Morgan fingerprint density at radius 1 is 1.00 bits per heavy atom. The Morgan fingerprint density at radius 3 is 2.23 bits per heavy atom. The predicted molar refractivity (Wildman–Crippen MR) is 115 cm³/mol. The molecular weight excluding hydrogens is 397 g/mol. The lowest BCUT2D eigenvalue weighted by atomic mass is 9.85. The second-order valence-electron chi connectivity index (χ2n) is 8.89. The van der Waals surface area contributed by atoms with Gasteiger partial charge < -0.3 is 14.0 Å². The molecule has 5 nitrogen and oxygen atoms in total. The van der Waals surface area contributed by atoms with Crippen LogP contribution in [0.5, 0.6) is 0 Å². The maximum Gasteiger partial charge on any atom is 0.348 e. The fourth-order valence-corrected chi connectivity index (χ4v) is 3.45. The van der Waals surface area contributed by atoms with Gasteiger partial charge in [-0.2, -0.15) is 0 Å². The van der Waals surface area contributed by atoms with Crippen molar-refractivity contribution in [2.75, 3.05) is 0 Å². The monoisotopic (exact) mass is 421 g/mol. The summed E-state index contributed by atoms with van der Waals surface area (Å²) in [5.74, 6) is -3.04. The van der Waals surface area contributed by atoms with E-state index in [1.54, 1.807) is 19.1 Å². The van der Waals surface area contributed by atoms with E-state index in [0.29, 0.717) is 12.1 Å². The van der Waals surface area contributed by atoms with Crippen molar-refractivity contribution in [2.45, 2.75) is 40.0 Å². The van der Waals surface area contributed by atoms with Gasteiger partial charge in [0.1, 0.15) is 11.4 Å². The highest BCUT2D eigenvalue weighted by Crippen LogP contribution is 2.39. The minimum absolute atomic E-state index is 0.147. The molecule has 0 amide bonds. The Balaban J connectivity index is 1.72. The van der Waals surface area contributed by atoms with Gasteiger partial charge in [-0.1, -0.05) is 51.1 Å². The number of esters is 2. The van der Waals surface area contributed by atoms with Crippen LogP contribution < -0.4 is 0 Å². The molecule has 4 rings (SSSR count). The first-order valence-electron chi connectivity index (χ1n) is 10.1. The number of carbonyl (C=O) groups is 2. The Kier molecular flexibility index (Phi) is 4.96.